The fourth-order valence-electron chi connectivity index (χ4n) is 2.14. The van der Waals surface area contributed by atoms with Crippen LogP contribution in [-0.4, -0.2) is 33.4 Å². The highest BCUT2D eigenvalue weighted by molar-refractivity contribution is 5.81. The van der Waals surface area contributed by atoms with E-state index in [9.17, 15) is 13.6 Å². The maximum atomic E-state index is 12.8. The summed E-state index contributed by atoms with van der Waals surface area (Å²) >= 11 is 0. The smallest absolute Gasteiger partial charge is 0.319 e. The first-order valence-electron chi connectivity index (χ1n) is 7.30. The van der Waals surface area contributed by atoms with Crippen molar-refractivity contribution in [2.24, 2.45) is 0 Å². The van der Waals surface area contributed by atoms with Gasteiger partial charge in [0.25, 0.3) is 0 Å². The molecule has 0 spiro atoms. The normalized spacial score (nSPS) is 12.6. The van der Waals surface area contributed by atoms with Crippen molar-refractivity contribution in [1.29, 1.82) is 0 Å². The van der Waals surface area contributed by atoms with Crippen molar-refractivity contribution < 1.29 is 13.6 Å². The molecule has 23 heavy (non-hydrogen) atoms. The molecule has 1 atom stereocenters. The van der Waals surface area contributed by atoms with Crippen molar-refractivity contribution in [1.82, 2.24) is 19.8 Å². The van der Waals surface area contributed by atoms with Crippen molar-refractivity contribution in [2.75, 3.05) is 7.05 Å². The van der Waals surface area contributed by atoms with Gasteiger partial charge in [-0.15, -0.1) is 0 Å². The van der Waals surface area contributed by atoms with E-state index in [1.54, 1.807) is 18.9 Å². The van der Waals surface area contributed by atoms with Crippen LogP contribution in [0.1, 0.15) is 24.9 Å². The maximum Gasteiger partial charge on any atom is 0.319 e. The number of hydrogen-bond donors (Lipinski definition) is 1. The SMILES string of the molecule is C[C@@H](C(=O)NCc1ccccc1)N(C)Cc1nccn1C(F)F. The van der Waals surface area contributed by atoms with Gasteiger partial charge >= 0.3 is 6.55 Å². The summed E-state index contributed by atoms with van der Waals surface area (Å²) in [5.74, 6) is 0.0664. The first-order chi connectivity index (χ1) is 11.0. The highest BCUT2D eigenvalue weighted by atomic mass is 19.3. The Labute approximate surface area is 133 Å². The first kappa shape index (κ1) is 17.1. The lowest BCUT2D eigenvalue weighted by atomic mass is 10.2. The third-order valence-corrected chi connectivity index (χ3v) is 3.70. The Kier molecular flexibility index (Phi) is 5.81. The van der Waals surface area contributed by atoms with Crippen molar-refractivity contribution in [3.8, 4) is 0 Å². The number of likely N-dealkylation sites (N-methyl/N-ethyl adjacent to an activating group) is 1. The van der Waals surface area contributed by atoms with Gasteiger partial charge in [-0.3, -0.25) is 14.3 Å². The molecule has 0 saturated heterocycles. The average molecular weight is 322 g/mol. The van der Waals surface area contributed by atoms with E-state index in [1.165, 1.54) is 12.4 Å². The molecule has 1 aromatic heterocycles. The van der Waals surface area contributed by atoms with E-state index in [4.69, 9.17) is 0 Å². The van der Waals surface area contributed by atoms with E-state index in [0.717, 1.165) is 10.1 Å². The summed E-state index contributed by atoms with van der Waals surface area (Å²) in [6.45, 7) is -0.306. The van der Waals surface area contributed by atoms with Gasteiger partial charge in [0.1, 0.15) is 5.82 Å². The Balaban J connectivity index is 1.89. The molecule has 0 aliphatic carbocycles. The van der Waals surface area contributed by atoms with Crippen LogP contribution >= 0.6 is 0 Å². The number of imidazole rings is 1. The number of nitrogens with zero attached hydrogens (tertiary/aromatic N) is 3. The predicted molar refractivity (Wildman–Crippen MR) is 82.7 cm³/mol. The van der Waals surface area contributed by atoms with Crippen LogP contribution in [0.25, 0.3) is 0 Å². The summed E-state index contributed by atoms with van der Waals surface area (Å²) < 4.78 is 26.4. The van der Waals surface area contributed by atoms with Gasteiger partial charge in [0.15, 0.2) is 0 Å². The molecule has 1 heterocycles. The van der Waals surface area contributed by atoms with Gasteiger partial charge in [-0.1, -0.05) is 30.3 Å². The number of alkyl halides is 2. The lowest BCUT2D eigenvalue weighted by Gasteiger charge is -2.23. The van der Waals surface area contributed by atoms with Crippen LogP contribution in [0.15, 0.2) is 42.7 Å². The topological polar surface area (TPSA) is 50.2 Å². The second-order valence-electron chi connectivity index (χ2n) is 5.32. The van der Waals surface area contributed by atoms with E-state index in [-0.39, 0.29) is 18.3 Å². The quantitative estimate of drug-likeness (QED) is 0.852. The highest BCUT2D eigenvalue weighted by Crippen LogP contribution is 2.14. The van der Waals surface area contributed by atoms with E-state index in [1.807, 2.05) is 30.3 Å². The minimum atomic E-state index is -2.64. The third-order valence-electron chi connectivity index (χ3n) is 3.70. The molecule has 1 aromatic carbocycles. The van der Waals surface area contributed by atoms with Crippen molar-refractivity contribution >= 4 is 5.91 Å². The Hall–Kier alpha value is -2.28. The van der Waals surface area contributed by atoms with Gasteiger partial charge in [-0.2, -0.15) is 8.78 Å². The summed E-state index contributed by atoms with van der Waals surface area (Å²) in [5.41, 5.74) is 1.00. The molecule has 5 nitrogen and oxygen atoms in total. The van der Waals surface area contributed by atoms with Gasteiger partial charge in [-0.05, 0) is 19.5 Å². The van der Waals surface area contributed by atoms with Crippen LogP contribution in [0.5, 0.6) is 0 Å². The second-order valence-corrected chi connectivity index (χ2v) is 5.32. The molecular weight excluding hydrogens is 302 g/mol. The van der Waals surface area contributed by atoms with Crippen molar-refractivity contribution in [2.45, 2.75) is 32.6 Å². The van der Waals surface area contributed by atoms with E-state index in [0.29, 0.717) is 6.54 Å². The Morgan fingerprint density at radius 1 is 1.35 bits per heavy atom. The molecule has 1 N–H and O–H groups in total. The third kappa shape index (κ3) is 4.59. The van der Waals surface area contributed by atoms with Crippen molar-refractivity contribution in [3.63, 3.8) is 0 Å². The molecule has 124 valence electrons. The molecule has 0 fully saturated rings. The Bertz CT molecular complexity index is 630. The minimum absolute atomic E-state index is 0.161. The number of hydrogen-bond acceptors (Lipinski definition) is 3. The standard InChI is InChI=1S/C16H20F2N4O/c1-12(15(23)20-10-13-6-4-3-5-7-13)21(2)11-14-19-8-9-22(14)16(17)18/h3-9,12,16H,10-11H2,1-2H3,(H,20,23)/t12-/m0/s1. The molecule has 2 aromatic rings. The molecule has 7 heteroatoms. The number of amides is 1. The van der Waals surface area contributed by atoms with Gasteiger partial charge in [0, 0.05) is 18.9 Å². The van der Waals surface area contributed by atoms with E-state index in [2.05, 4.69) is 10.3 Å². The van der Waals surface area contributed by atoms with Crippen LogP contribution < -0.4 is 5.32 Å². The number of carbonyl (C=O) groups is 1. The molecule has 2 rings (SSSR count). The molecular formula is C16H20F2N4O. The fourth-order valence-corrected chi connectivity index (χ4v) is 2.14. The second kappa shape index (κ2) is 7.82. The van der Waals surface area contributed by atoms with Crippen LogP contribution in [0.4, 0.5) is 8.78 Å². The monoisotopic (exact) mass is 322 g/mol. The Morgan fingerprint density at radius 3 is 2.70 bits per heavy atom. The number of aromatic nitrogens is 2. The fraction of sp³-hybridized carbons (Fsp3) is 0.375. The summed E-state index contributed by atoms with van der Waals surface area (Å²) in [6.07, 6.45) is 2.56. The lowest BCUT2D eigenvalue weighted by Crippen LogP contribution is -2.43. The summed E-state index contributed by atoms with van der Waals surface area (Å²) in [7, 11) is 1.71. The van der Waals surface area contributed by atoms with Crippen LogP contribution in [0.2, 0.25) is 0 Å². The zero-order chi connectivity index (χ0) is 16.8. The predicted octanol–water partition coefficient (Wildman–Crippen LogP) is 2.41. The van der Waals surface area contributed by atoms with Crippen LogP contribution in [0.3, 0.4) is 0 Å². The largest absolute Gasteiger partial charge is 0.351 e. The van der Waals surface area contributed by atoms with E-state index < -0.39 is 12.6 Å². The number of halogens is 2. The molecule has 0 aliphatic heterocycles. The van der Waals surface area contributed by atoms with Gasteiger partial charge < -0.3 is 5.32 Å². The molecule has 0 radical (unpaired) electrons. The molecule has 0 saturated carbocycles. The zero-order valence-corrected chi connectivity index (χ0v) is 13.1. The lowest BCUT2D eigenvalue weighted by molar-refractivity contribution is -0.125. The minimum Gasteiger partial charge on any atom is -0.351 e. The summed E-state index contributed by atoms with van der Waals surface area (Å²) in [4.78, 5) is 17.8. The maximum absolute atomic E-state index is 12.8. The molecule has 1 amide bonds. The summed E-state index contributed by atoms with van der Waals surface area (Å²) in [6, 6.07) is 9.11. The number of nitrogens with one attached hydrogen (secondary N) is 1. The zero-order valence-electron chi connectivity index (χ0n) is 13.1. The highest BCUT2D eigenvalue weighted by Gasteiger charge is 2.20. The van der Waals surface area contributed by atoms with Gasteiger partial charge in [0.05, 0.1) is 12.6 Å². The molecule has 0 aliphatic rings. The number of carbonyl (C=O) groups excluding carboxylic acids is 1. The summed E-state index contributed by atoms with van der Waals surface area (Å²) in [5, 5.41) is 2.84. The van der Waals surface area contributed by atoms with Crippen LogP contribution in [0, 0.1) is 0 Å². The number of rotatable bonds is 7. The molecule has 0 unspecified atom stereocenters. The Morgan fingerprint density at radius 2 is 2.04 bits per heavy atom. The van der Waals surface area contributed by atoms with Gasteiger partial charge in [0.2, 0.25) is 5.91 Å². The average Bonchev–Trinajstić information content (AvgIpc) is 3.01. The van der Waals surface area contributed by atoms with Gasteiger partial charge in [-0.25, -0.2) is 4.98 Å². The van der Waals surface area contributed by atoms with E-state index >= 15 is 0 Å². The van der Waals surface area contributed by atoms with Crippen molar-refractivity contribution in [3.05, 3.63) is 54.1 Å². The number of benzene rings is 1. The first-order valence-corrected chi connectivity index (χ1v) is 7.30. The van der Waals surface area contributed by atoms with Crippen LogP contribution in [-0.2, 0) is 17.9 Å². The molecule has 0 bridgehead atoms.